The van der Waals surface area contributed by atoms with E-state index in [4.69, 9.17) is 9.84 Å². The number of aliphatic hydroxyl groups excluding tert-OH is 1. The van der Waals surface area contributed by atoms with E-state index in [-0.39, 0.29) is 24.0 Å². The second kappa shape index (κ2) is 17.4. The van der Waals surface area contributed by atoms with Crippen molar-refractivity contribution in [2.24, 2.45) is 0 Å². The highest BCUT2D eigenvalue weighted by atomic mass is 16.5. The molecule has 1 aromatic carbocycles. The zero-order chi connectivity index (χ0) is 24.4. The molecule has 0 fully saturated rings. The van der Waals surface area contributed by atoms with Crippen LogP contribution in [0.4, 0.5) is 0 Å². The molecule has 186 valence electrons. The number of nitrogens with one attached hydrogen (secondary N) is 1. The highest BCUT2D eigenvalue weighted by Crippen LogP contribution is 2.31. The fourth-order valence-corrected chi connectivity index (χ4v) is 3.67. The van der Waals surface area contributed by atoms with Gasteiger partial charge >= 0.3 is 0 Å². The van der Waals surface area contributed by atoms with E-state index in [0.29, 0.717) is 13.0 Å². The van der Waals surface area contributed by atoms with Crippen LogP contribution in [0.5, 0.6) is 5.75 Å². The molecule has 1 rings (SSSR count). The van der Waals surface area contributed by atoms with Gasteiger partial charge < -0.3 is 15.2 Å². The SMILES string of the molecule is CCCCCCC(C)(C)c1cccc(OCC/C=C\C/C=C\CCCC(=O)N[C@H](C)CO)c1. The monoisotopic (exact) mass is 457 g/mol. The van der Waals surface area contributed by atoms with Crippen molar-refractivity contribution in [3.05, 3.63) is 54.1 Å². The number of unbranched alkanes of at least 4 members (excludes halogenated alkanes) is 4. The maximum Gasteiger partial charge on any atom is 0.220 e. The van der Waals surface area contributed by atoms with E-state index >= 15 is 0 Å². The summed E-state index contributed by atoms with van der Waals surface area (Å²) in [6, 6.07) is 8.42. The van der Waals surface area contributed by atoms with E-state index in [1.54, 1.807) is 6.92 Å². The fourth-order valence-electron chi connectivity index (χ4n) is 3.67. The Morgan fingerprint density at radius 2 is 1.85 bits per heavy atom. The van der Waals surface area contributed by atoms with Crippen LogP contribution in [0.1, 0.15) is 97.5 Å². The number of aliphatic hydroxyl groups is 1. The second-order valence-electron chi connectivity index (χ2n) is 9.58. The molecule has 4 nitrogen and oxygen atoms in total. The van der Waals surface area contributed by atoms with Gasteiger partial charge in [-0.15, -0.1) is 0 Å². The van der Waals surface area contributed by atoms with Crippen molar-refractivity contribution in [3.63, 3.8) is 0 Å². The predicted octanol–water partition coefficient (Wildman–Crippen LogP) is 6.87. The van der Waals surface area contributed by atoms with Crippen LogP contribution in [0.2, 0.25) is 0 Å². The summed E-state index contributed by atoms with van der Waals surface area (Å²) in [6.45, 7) is 9.38. The standard InChI is InChI=1S/C29H47NO3/c1-5-6-7-15-21-29(3,4)26-18-17-19-27(23-26)33-22-16-13-11-9-8-10-12-14-20-28(32)30-25(2)24-31/h8,10-11,13,17-19,23,25,31H,5-7,9,12,14-16,20-22,24H2,1-4H3,(H,30,32)/b10-8-,13-11-/t25-/m1/s1. The molecule has 0 aliphatic heterocycles. The van der Waals surface area contributed by atoms with Crippen molar-refractivity contribution in [2.45, 2.75) is 103 Å². The van der Waals surface area contributed by atoms with Gasteiger partial charge in [0.2, 0.25) is 5.91 Å². The van der Waals surface area contributed by atoms with E-state index in [1.165, 1.54) is 37.7 Å². The van der Waals surface area contributed by atoms with Crippen LogP contribution < -0.4 is 10.1 Å². The van der Waals surface area contributed by atoms with Gasteiger partial charge in [-0.3, -0.25) is 4.79 Å². The molecule has 2 N–H and O–H groups in total. The Bertz CT molecular complexity index is 709. The minimum absolute atomic E-state index is 0.00548. The summed E-state index contributed by atoms with van der Waals surface area (Å²) in [5.41, 5.74) is 1.54. The van der Waals surface area contributed by atoms with E-state index < -0.39 is 0 Å². The van der Waals surface area contributed by atoms with Gasteiger partial charge in [-0.25, -0.2) is 0 Å². The first-order chi connectivity index (χ1) is 15.9. The molecular formula is C29H47NO3. The molecule has 0 heterocycles. The Hall–Kier alpha value is -2.07. The van der Waals surface area contributed by atoms with E-state index in [0.717, 1.165) is 31.4 Å². The lowest BCUT2D eigenvalue weighted by atomic mass is 9.80. The van der Waals surface area contributed by atoms with Crippen molar-refractivity contribution in [1.82, 2.24) is 5.32 Å². The maximum atomic E-state index is 11.6. The van der Waals surface area contributed by atoms with Gasteiger partial charge in [0.25, 0.3) is 0 Å². The first kappa shape index (κ1) is 29.0. The number of ether oxygens (including phenoxy) is 1. The predicted molar refractivity (Wildman–Crippen MR) is 140 cm³/mol. The summed E-state index contributed by atoms with van der Waals surface area (Å²) >= 11 is 0. The molecule has 0 saturated carbocycles. The third kappa shape index (κ3) is 13.9. The molecule has 1 amide bonds. The second-order valence-corrected chi connectivity index (χ2v) is 9.58. The Morgan fingerprint density at radius 3 is 2.58 bits per heavy atom. The summed E-state index contributed by atoms with van der Waals surface area (Å²) < 4.78 is 5.98. The number of rotatable bonds is 18. The summed E-state index contributed by atoms with van der Waals surface area (Å²) in [6.07, 6.45) is 19.0. The first-order valence-electron chi connectivity index (χ1n) is 12.8. The molecule has 33 heavy (non-hydrogen) atoms. The molecule has 4 heteroatoms. The highest BCUT2D eigenvalue weighted by molar-refractivity contribution is 5.76. The number of allylic oxidation sites excluding steroid dienone is 3. The quantitative estimate of drug-likeness (QED) is 0.187. The summed E-state index contributed by atoms with van der Waals surface area (Å²) in [5, 5.41) is 11.7. The van der Waals surface area contributed by atoms with Crippen LogP contribution in [0.25, 0.3) is 0 Å². The average molecular weight is 458 g/mol. The lowest BCUT2D eigenvalue weighted by Crippen LogP contribution is -2.34. The third-order valence-electron chi connectivity index (χ3n) is 5.89. The number of carbonyl (C=O) groups excluding carboxylic acids is 1. The minimum atomic E-state index is -0.168. The smallest absolute Gasteiger partial charge is 0.220 e. The van der Waals surface area contributed by atoms with E-state index in [9.17, 15) is 4.79 Å². The molecule has 0 unspecified atom stereocenters. The van der Waals surface area contributed by atoms with Crippen LogP contribution in [0.3, 0.4) is 0 Å². The summed E-state index contributed by atoms with van der Waals surface area (Å²) in [7, 11) is 0. The van der Waals surface area contributed by atoms with Gasteiger partial charge in [0.05, 0.1) is 13.2 Å². The largest absolute Gasteiger partial charge is 0.493 e. The third-order valence-corrected chi connectivity index (χ3v) is 5.89. The molecule has 0 aliphatic carbocycles. The lowest BCUT2D eigenvalue weighted by molar-refractivity contribution is -0.122. The zero-order valence-electron chi connectivity index (χ0n) is 21.4. The van der Waals surface area contributed by atoms with Crippen molar-refractivity contribution in [3.8, 4) is 5.75 Å². The Balaban J connectivity index is 2.21. The topological polar surface area (TPSA) is 58.6 Å². The molecular weight excluding hydrogens is 410 g/mol. The molecule has 0 radical (unpaired) electrons. The van der Waals surface area contributed by atoms with Gasteiger partial charge in [0, 0.05) is 12.5 Å². The number of amides is 1. The van der Waals surface area contributed by atoms with Crippen molar-refractivity contribution in [1.29, 1.82) is 0 Å². The lowest BCUT2D eigenvalue weighted by Gasteiger charge is -2.26. The maximum absolute atomic E-state index is 11.6. The molecule has 1 aromatic rings. The van der Waals surface area contributed by atoms with Crippen molar-refractivity contribution >= 4 is 5.91 Å². The first-order valence-corrected chi connectivity index (χ1v) is 12.8. The number of hydrogen-bond donors (Lipinski definition) is 2. The normalized spacial score (nSPS) is 13.0. The summed E-state index contributed by atoms with van der Waals surface area (Å²) in [4.78, 5) is 11.6. The van der Waals surface area contributed by atoms with Crippen LogP contribution in [0.15, 0.2) is 48.6 Å². The fraction of sp³-hybridized carbons (Fsp3) is 0.621. The molecule has 1 atom stereocenters. The van der Waals surface area contributed by atoms with Gasteiger partial charge in [-0.05, 0) is 62.1 Å². The number of hydrogen-bond acceptors (Lipinski definition) is 3. The van der Waals surface area contributed by atoms with Crippen LogP contribution in [-0.2, 0) is 10.2 Å². The summed E-state index contributed by atoms with van der Waals surface area (Å²) in [5.74, 6) is 0.964. The van der Waals surface area contributed by atoms with Crippen LogP contribution >= 0.6 is 0 Å². The molecule has 0 aliphatic rings. The number of benzene rings is 1. The zero-order valence-corrected chi connectivity index (χ0v) is 21.4. The van der Waals surface area contributed by atoms with E-state index in [1.807, 2.05) is 6.07 Å². The van der Waals surface area contributed by atoms with Gasteiger partial charge in [-0.2, -0.15) is 0 Å². The average Bonchev–Trinajstić information content (AvgIpc) is 2.80. The Morgan fingerprint density at radius 1 is 1.09 bits per heavy atom. The van der Waals surface area contributed by atoms with Gasteiger partial charge in [0.1, 0.15) is 5.75 Å². The molecule has 0 aromatic heterocycles. The van der Waals surface area contributed by atoms with Crippen LogP contribution in [0, 0.1) is 0 Å². The van der Waals surface area contributed by atoms with Crippen LogP contribution in [-0.4, -0.2) is 30.3 Å². The van der Waals surface area contributed by atoms with Crippen molar-refractivity contribution < 1.29 is 14.6 Å². The molecule has 0 saturated heterocycles. The molecule has 0 bridgehead atoms. The molecule has 0 spiro atoms. The highest BCUT2D eigenvalue weighted by Gasteiger charge is 2.20. The van der Waals surface area contributed by atoms with Gasteiger partial charge in [-0.1, -0.05) is 82.9 Å². The van der Waals surface area contributed by atoms with Gasteiger partial charge in [0.15, 0.2) is 0 Å². The number of carbonyl (C=O) groups is 1. The Kier molecular flexibility index (Phi) is 15.3. The van der Waals surface area contributed by atoms with Crippen molar-refractivity contribution in [2.75, 3.05) is 13.2 Å². The minimum Gasteiger partial charge on any atom is -0.493 e. The van der Waals surface area contributed by atoms with E-state index in [2.05, 4.69) is 68.6 Å². The Labute approximate surface area is 202 Å².